The second kappa shape index (κ2) is 8.84. The van der Waals surface area contributed by atoms with Crippen molar-refractivity contribution in [2.24, 2.45) is 0 Å². The van der Waals surface area contributed by atoms with Crippen LogP contribution >= 0.6 is 11.8 Å². The zero-order chi connectivity index (χ0) is 22.8. The molecule has 1 atom stereocenters. The van der Waals surface area contributed by atoms with E-state index in [1.165, 1.54) is 24.3 Å². The minimum absolute atomic E-state index is 0.0630. The van der Waals surface area contributed by atoms with E-state index in [-0.39, 0.29) is 22.5 Å². The number of thioether (sulfide) groups is 1. The van der Waals surface area contributed by atoms with Crippen molar-refractivity contribution in [2.45, 2.75) is 19.2 Å². The van der Waals surface area contributed by atoms with Gasteiger partial charge in [-0.25, -0.2) is 0 Å². The Morgan fingerprint density at radius 1 is 1.06 bits per heavy atom. The average molecular weight is 448 g/mol. The van der Waals surface area contributed by atoms with E-state index >= 15 is 0 Å². The maximum atomic E-state index is 12.6. The molecular formula is C24H21N3O4S. The van der Waals surface area contributed by atoms with Crippen molar-refractivity contribution in [3.05, 3.63) is 99.1 Å². The normalized spacial score (nSPS) is 15.6. The van der Waals surface area contributed by atoms with Crippen molar-refractivity contribution >= 4 is 40.6 Å². The Morgan fingerprint density at radius 2 is 1.75 bits per heavy atom. The van der Waals surface area contributed by atoms with Crippen LogP contribution in [0.2, 0.25) is 0 Å². The van der Waals surface area contributed by atoms with Crippen LogP contribution in [0.4, 0.5) is 17.1 Å². The summed E-state index contributed by atoms with van der Waals surface area (Å²) in [6.07, 6.45) is 0. The van der Waals surface area contributed by atoms with Gasteiger partial charge < -0.3 is 5.32 Å². The van der Waals surface area contributed by atoms with Crippen LogP contribution in [0.15, 0.2) is 66.7 Å². The van der Waals surface area contributed by atoms with Gasteiger partial charge in [0.2, 0.25) is 5.91 Å². The fourth-order valence-corrected chi connectivity index (χ4v) is 4.91. The summed E-state index contributed by atoms with van der Waals surface area (Å²) in [4.78, 5) is 37.3. The molecule has 7 nitrogen and oxygen atoms in total. The molecule has 0 radical (unpaired) electrons. The second-order valence-electron chi connectivity index (χ2n) is 7.66. The van der Waals surface area contributed by atoms with Gasteiger partial charge in [0.15, 0.2) is 0 Å². The van der Waals surface area contributed by atoms with Gasteiger partial charge in [-0.15, -0.1) is 11.8 Å². The number of hydrogen-bond acceptors (Lipinski definition) is 5. The third-order valence-corrected chi connectivity index (χ3v) is 6.34. The Labute approximate surface area is 189 Å². The Balaban J connectivity index is 1.53. The number of carbonyl (C=O) groups is 2. The number of anilines is 2. The van der Waals surface area contributed by atoms with Crippen LogP contribution in [0, 0.1) is 24.0 Å². The molecule has 0 aromatic heterocycles. The molecule has 1 aliphatic rings. The molecule has 8 heteroatoms. The summed E-state index contributed by atoms with van der Waals surface area (Å²) < 4.78 is 0. The smallest absolute Gasteiger partial charge is 0.270 e. The van der Waals surface area contributed by atoms with Crippen LogP contribution < -0.4 is 10.2 Å². The molecule has 4 rings (SSSR count). The van der Waals surface area contributed by atoms with E-state index in [1.807, 2.05) is 43.0 Å². The first-order valence-electron chi connectivity index (χ1n) is 9.99. The van der Waals surface area contributed by atoms with Crippen LogP contribution in [-0.2, 0) is 4.79 Å². The summed E-state index contributed by atoms with van der Waals surface area (Å²) in [6.45, 7) is 4.02. The molecule has 0 aliphatic carbocycles. The first kappa shape index (κ1) is 21.6. The van der Waals surface area contributed by atoms with Gasteiger partial charge in [0.05, 0.1) is 10.7 Å². The number of carbonyl (C=O) groups excluding carboxylic acids is 2. The molecule has 0 spiro atoms. The van der Waals surface area contributed by atoms with Crippen LogP contribution in [0.1, 0.15) is 32.4 Å². The number of nitrogens with one attached hydrogen (secondary N) is 1. The number of benzene rings is 3. The summed E-state index contributed by atoms with van der Waals surface area (Å²) >= 11 is 1.56. The third kappa shape index (κ3) is 4.50. The van der Waals surface area contributed by atoms with Gasteiger partial charge in [0.25, 0.3) is 11.6 Å². The highest BCUT2D eigenvalue weighted by atomic mass is 32.2. The molecule has 3 aromatic rings. The molecule has 0 saturated carbocycles. The summed E-state index contributed by atoms with van der Waals surface area (Å²) in [7, 11) is 0. The predicted octanol–water partition coefficient (Wildman–Crippen LogP) is 5.24. The monoisotopic (exact) mass is 447 g/mol. The van der Waals surface area contributed by atoms with E-state index in [1.54, 1.807) is 23.9 Å². The number of hydrogen-bond donors (Lipinski definition) is 1. The van der Waals surface area contributed by atoms with Crippen LogP contribution in [-0.4, -0.2) is 22.5 Å². The summed E-state index contributed by atoms with van der Waals surface area (Å²) in [5.74, 6) is 0.0416. The number of amides is 2. The summed E-state index contributed by atoms with van der Waals surface area (Å²) in [6, 6.07) is 19.0. The lowest BCUT2D eigenvalue weighted by Gasteiger charge is -2.25. The van der Waals surface area contributed by atoms with Crippen molar-refractivity contribution < 1.29 is 14.5 Å². The van der Waals surface area contributed by atoms with Gasteiger partial charge in [-0.3, -0.25) is 24.6 Å². The highest BCUT2D eigenvalue weighted by Gasteiger charge is 2.34. The molecule has 0 bridgehead atoms. The Kier molecular flexibility index (Phi) is 5.96. The quantitative estimate of drug-likeness (QED) is 0.426. The number of rotatable bonds is 5. The van der Waals surface area contributed by atoms with E-state index in [0.717, 1.165) is 22.4 Å². The number of aryl methyl sites for hydroxylation is 2. The number of nitro groups is 1. The maximum absolute atomic E-state index is 12.6. The van der Waals surface area contributed by atoms with Gasteiger partial charge in [-0.05, 0) is 60.9 Å². The van der Waals surface area contributed by atoms with Crippen LogP contribution in [0.3, 0.4) is 0 Å². The van der Waals surface area contributed by atoms with Crippen molar-refractivity contribution in [3.63, 3.8) is 0 Å². The number of nitro benzene ring substituents is 1. The van der Waals surface area contributed by atoms with Gasteiger partial charge in [-0.2, -0.15) is 0 Å². The van der Waals surface area contributed by atoms with E-state index in [0.29, 0.717) is 11.4 Å². The lowest BCUT2D eigenvalue weighted by atomic mass is 10.1. The van der Waals surface area contributed by atoms with E-state index in [4.69, 9.17) is 0 Å². The Morgan fingerprint density at radius 3 is 2.41 bits per heavy atom. The Hall–Kier alpha value is -3.65. The van der Waals surface area contributed by atoms with Gasteiger partial charge in [0.1, 0.15) is 5.37 Å². The number of non-ortho nitro benzene ring substituents is 1. The Bertz CT molecular complexity index is 1190. The minimum Gasteiger partial charge on any atom is -0.322 e. The highest BCUT2D eigenvalue weighted by Crippen LogP contribution is 2.42. The minimum atomic E-state index is -0.534. The predicted molar refractivity (Wildman–Crippen MR) is 126 cm³/mol. The standard InChI is InChI=1S/C24H21N3O4S/c1-15-10-16(2)12-21(11-15)26-22(28)14-32-24(26)17-6-8-19(9-7-17)25-23(29)18-4-3-5-20(13-18)27(30)31/h3-13,24H,14H2,1-2H3,(H,25,29)/t24-/m1/s1. The van der Waals surface area contributed by atoms with Gasteiger partial charge in [0, 0.05) is 29.1 Å². The van der Waals surface area contributed by atoms with Crippen LogP contribution in [0.25, 0.3) is 0 Å². The fraction of sp³-hybridized carbons (Fsp3) is 0.167. The number of nitrogens with zero attached hydrogens (tertiary/aromatic N) is 2. The third-order valence-electron chi connectivity index (χ3n) is 5.13. The molecule has 1 aliphatic heterocycles. The highest BCUT2D eigenvalue weighted by molar-refractivity contribution is 8.00. The first-order valence-corrected chi connectivity index (χ1v) is 11.0. The van der Waals surface area contributed by atoms with Crippen molar-refractivity contribution in [1.29, 1.82) is 0 Å². The van der Waals surface area contributed by atoms with Gasteiger partial charge >= 0.3 is 0 Å². The zero-order valence-corrected chi connectivity index (χ0v) is 18.4. The van der Waals surface area contributed by atoms with Crippen molar-refractivity contribution in [2.75, 3.05) is 16.0 Å². The molecular weight excluding hydrogens is 426 g/mol. The topological polar surface area (TPSA) is 92.6 Å². The van der Waals surface area contributed by atoms with Crippen molar-refractivity contribution in [3.8, 4) is 0 Å². The lowest BCUT2D eigenvalue weighted by Crippen LogP contribution is -2.28. The molecule has 32 heavy (non-hydrogen) atoms. The first-order chi connectivity index (χ1) is 15.3. The molecule has 1 saturated heterocycles. The van der Waals surface area contributed by atoms with Gasteiger partial charge in [-0.1, -0.05) is 24.3 Å². The second-order valence-corrected chi connectivity index (χ2v) is 8.73. The van der Waals surface area contributed by atoms with E-state index in [9.17, 15) is 19.7 Å². The largest absolute Gasteiger partial charge is 0.322 e. The molecule has 0 unspecified atom stereocenters. The molecule has 2 amide bonds. The molecule has 162 valence electrons. The summed E-state index contributed by atoms with van der Waals surface area (Å²) in [5, 5.41) is 13.5. The SMILES string of the molecule is Cc1cc(C)cc(N2C(=O)CS[C@@H]2c2ccc(NC(=O)c3cccc([N+](=O)[O-])c3)cc2)c1. The summed E-state index contributed by atoms with van der Waals surface area (Å²) in [5.41, 5.74) is 4.67. The molecule has 1 N–H and O–H groups in total. The lowest BCUT2D eigenvalue weighted by molar-refractivity contribution is -0.384. The molecule has 3 aromatic carbocycles. The molecule has 1 heterocycles. The van der Waals surface area contributed by atoms with Crippen LogP contribution in [0.5, 0.6) is 0 Å². The zero-order valence-electron chi connectivity index (χ0n) is 17.6. The maximum Gasteiger partial charge on any atom is 0.270 e. The van der Waals surface area contributed by atoms with E-state index < -0.39 is 10.8 Å². The fourth-order valence-electron chi connectivity index (χ4n) is 3.73. The van der Waals surface area contributed by atoms with E-state index in [2.05, 4.69) is 11.4 Å². The average Bonchev–Trinajstić information content (AvgIpc) is 3.15. The molecule has 1 fully saturated rings. The van der Waals surface area contributed by atoms with Crippen molar-refractivity contribution in [1.82, 2.24) is 0 Å².